The summed E-state index contributed by atoms with van der Waals surface area (Å²) in [6, 6.07) is 14.4. The van der Waals surface area contributed by atoms with Crippen LogP contribution in [0, 0.1) is 5.92 Å². The van der Waals surface area contributed by atoms with Gasteiger partial charge in [-0.3, -0.25) is 4.79 Å². The van der Waals surface area contributed by atoms with E-state index >= 15 is 0 Å². The van der Waals surface area contributed by atoms with Gasteiger partial charge in [0.2, 0.25) is 5.88 Å². The molecule has 0 spiro atoms. The average Bonchev–Trinajstić information content (AvgIpc) is 3.36. The number of nitrogens with zero attached hydrogens (tertiary/aromatic N) is 3. The lowest BCUT2D eigenvalue weighted by Crippen LogP contribution is -2.39. The maximum Gasteiger partial charge on any atom is 0.251 e. The third-order valence-corrected chi connectivity index (χ3v) is 6.95. The lowest BCUT2D eigenvalue weighted by molar-refractivity contribution is 0.0933. The van der Waals surface area contributed by atoms with Gasteiger partial charge in [0.25, 0.3) is 5.91 Å². The second kappa shape index (κ2) is 11.0. The van der Waals surface area contributed by atoms with Gasteiger partial charge in [-0.2, -0.15) is 0 Å². The van der Waals surface area contributed by atoms with Crippen LogP contribution in [-0.2, 0) is 0 Å². The van der Waals surface area contributed by atoms with E-state index in [9.17, 15) is 9.90 Å². The minimum Gasteiger partial charge on any atom is -0.507 e. The van der Waals surface area contributed by atoms with Gasteiger partial charge >= 0.3 is 0 Å². The molecule has 9 nitrogen and oxygen atoms in total. The van der Waals surface area contributed by atoms with Crippen molar-refractivity contribution in [3.05, 3.63) is 60.3 Å². The zero-order valence-corrected chi connectivity index (χ0v) is 20.8. The molecule has 9 heteroatoms. The van der Waals surface area contributed by atoms with Gasteiger partial charge < -0.3 is 30.2 Å². The number of methoxy groups -OCH3 is 1. The van der Waals surface area contributed by atoms with Crippen molar-refractivity contribution in [2.45, 2.75) is 12.8 Å². The first kappa shape index (κ1) is 24.7. The number of aromatic amines is 1. The predicted molar refractivity (Wildman–Crippen MR) is 142 cm³/mol. The molecule has 1 fully saturated rings. The summed E-state index contributed by atoms with van der Waals surface area (Å²) < 4.78 is 5.39. The number of ether oxygens (including phenoxy) is 1. The molecular formula is C28H31N5O4. The van der Waals surface area contributed by atoms with Gasteiger partial charge in [0.15, 0.2) is 0 Å². The lowest BCUT2D eigenvalue weighted by Gasteiger charge is -2.31. The summed E-state index contributed by atoms with van der Waals surface area (Å²) in [5.41, 5.74) is 4.15. The molecular weight excluding hydrogens is 470 g/mol. The number of aliphatic hydroxyl groups is 1. The molecule has 0 bridgehead atoms. The molecule has 4 N–H and O–H groups in total. The van der Waals surface area contributed by atoms with Crippen molar-refractivity contribution in [1.82, 2.24) is 25.2 Å². The van der Waals surface area contributed by atoms with Crippen LogP contribution in [0.1, 0.15) is 23.2 Å². The molecule has 1 saturated heterocycles. The highest BCUT2D eigenvalue weighted by atomic mass is 16.5. The van der Waals surface area contributed by atoms with Gasteiger partial charge in [0, 0.05) is 30.4 Å². The number of carbonyl (C=O) groups excluding carboxylic acids is 1. The SMILES string of the molecule is COc1ncccc1-c1ccc(O)c(-c2nc3ccc(C(=O)NCC4CCN(CCO)CC4)cc3[nH]2)c1. The molecule has 1 aliphatic heterocycles. The van der Waals surface area contributed by atoms with Gasteiger partial charge in [-0.25, -0.2) is 9.97 Å². The van der Waals surface area contributed by atoms with Crippen molar-refractivity contribution in [1.29, 1.82) is 0 Å². The van der Waals surface area contributed by atoms with Crippen molar-refractivity contribution in [2.24, 2.45) is 5.92 Å². The lowest BCUT2D eigenvalue weighted by atomic mass is 9.96. The Morgan fingerprint density at radius 2 is 2.00 bits per heavy atom. The van der Waals surface area contributed by atoms with Crippen LogP contribution in [0.3, 0.4) is 0 Å². The number of β-amino-alcohol motifs (C(OH)–C–C–N with tert-alkyl or cyclic N) is 1. The normalized spacial score (nSPS) is 14.6. The van der Waals surface area contributed by atoms with E-state index in [4.69, 9.17) is 9.84 Å². The largest absolute Gasteiger partial charge is 0.507 e. The number of hydrogen-bond donors (Lipinski definition) is 4. The molecule has 37 heavy (non-hydrogen) atoms. The molecule has 0 saturated carbocycles. The summed E-state index contributed by atoms with van der Waals surface area (Å²) in [5, 5.41) is 22.7. The Morgan fingerprint density at radius 1 is 1.16 bits per heavy atom. The Hall–Kier alpha value is -3.95. The molecule has 0 radical (unpaired) electrons. The summed E-state index contributed by atoms with van der Waals surface area (Å²) in [5.74, 6) is 1.41. The number of aliphatic hydroxyl groups excluding tert-OH is 1. The fraction of sp³-hybridized carbons (Fsp3) is 0.321. The number of carbonyl (C=O) groups is 1. The van der Waals surface area contributed by atoms with E-state index in [1.54, 1.807) is 37.6 Å². The topological polar surface area (TPSA) is 124 Å². The average molecular weight is 502 g/mol. The maximum atomic E-state index is 12.8. The molecule has 2 aromatic carbocycles. The van der Waals surface area contributed by atoms with E-state index in [2.05, 4.69) is 25.2 Å². The molecule has 4 aromatic rings. The first-order valence-electron chi connectivity index (χ1n) is 12.5. The maximum absolute atomic E-state index is 12.8. The second-order valence-corrected chi connectivity index (χ2v) is 9.33. The van der Waals surface area contributed by atoms with Gasteiger partial charge in [-0.15, -0.1) is 0 Å². The van der Waals surface area contributed by atoms with Gasteiger partial charge in [0.05, 0.1) is 30.3 Å². The van der Waals surface area contributed by atoms with E-state index in [0.717, 1.165) is 37.1 Å². The highest BCUT2D eigenvalue weighted by molar-refractivity contribution is 5.97. The minimum absolute atomic E-state index is 0.0914. The van der Waals surface area contributed by atoms with E-state index in [1.807, 2.05) is 24.3 Å². The third-order valence-electron chi connectivity index (χ3n) is 6.95. The molecule has 0 atom stereocenters. The number of pyridine rings is 1. The number of hydrogen-bond acceptors (Lipinski definition) is 7. The van der Waals surface area contributed by atoms with Gasteiger partial charge in [-0.05, 0) is 79.9 Å². The van der Waals surface area contributed by atoms with E-state index in [-0.39, 0.29) is 18.3 Å². The first-order valence-corrected chi connectivity index (χ1v) is 12.5. The number of amides is 1. The zero-order chi connectivity index (χ0) is 25.8. The van der Waals surface area contributed by atoms with E-state index in [0.29, 0.717) is 52.9 Å². The molecule has 0 aliphatic carbocycles. The minimum atomic E-state index is -0.121. The quantitative estimate of drug-likeness (QED) is 0.292. The van der Waals surface area contributed by atoms with Crippen LogP contribution < -0.4 is 10.1 Å². The number of piperidine rings is 1. The third kappa shape index (κ3) is 5.42. The Balaban J connectivity index is 1.32. The van der Waals surface area contributed by atoms with Crippen LogP contribution in [0.5, 0.6) is 11.6 Å². The number of phenolic OH excluding ortho intramolecular Hbond substituents is 1. The van der Waals surface area contributed by atoms with Crippen molar-refractivity contribution in [2.75, 3.05) is 39.9 Å². The van der Waals surface area contributed by atoms with Crippen molar-refractivity contribution in [3.63, 3.8) is 0 Å². The smallest absolute Gasteiger partial charge is 0.251 e. The standard InChI is InChI=1S/C28H31N5O4/c1-37-28-21(3-2-10-29-28)19-5-7-25(35)22(15-19)26-31-23-6-4-20(16-24(23)32-26)27(36)30-17-18-8-11-33(12-9-18)13-14-34/h2-7,10,15-16,18,34-35H,8-9,11-14,17H2,1H3,(H,30,36)(H,31,32). The van der Waals surface area contributed by atoms with Crippen molar-refractivity contribution < 1.29 is 19.7 Å². The molecule has 1 aliphatic rings. The van der Waals surface area contributed by atoms with Crippen LogP contribution in [0.15, 0.2) is 54.7 Å². The highest BCUT2D eigenvalue weighted by Crippen LogP contribution is 2.35. The Labute approximate surface area is 215 Å². The Kier molecular flexibility index (Phi) is 7.34. The Bertz CT molecular complexity index is 1390. The van der Waals surface area contributed by atoms with Crippen LogP contribution >= 0.6 is 0 Å². The molecule has 3 heterocycles. The zero-order valence-electron chi connectivity index (χ0n) is 20.8. The van der Waals surface area contributed by atoms with Crippen LogP contribution in [0.25, 0.3) is 33.5 Å². The number of phenols is 1. The first-order chi connectivity index (χ1) is 18.1. The number of likely N-dealkylation sites (tertiary alicyclic amines) is 1. The number of aromatic hydroxyl groups is 1. The van der Waals surface area contributed by atoms with E-state index < -0.39 is 0 Å². The summed E-state index contributed by atoms with van der Waals surface area (Å²) in [7, 11) is 1.57. The summed E-state index contributed by atoms with van der Waals surface area (Å²) in [6.45, 7) is 3.43. The summed E-state index contributed by atoms with van der Waals surface area (Å²) in [6.07, 6.45) is 3.69. The number of aromatic nitrogens is 3. The second-order valence-electron chi connectivity index (χ2n) is 9.33. The fourth-order valence-corrected chi connectivity index (χ4v) is 4.84. The van der Waals surface area contributed by atoms with Gasteiger partial charge in [0.1, 0.15) is 11.6 Å². The van der Waals surface area contributed by atoms with Crippen LogP contribution in [-0.4, -0.2) is 75.9 Å². The number of imidazole rings is 1. The predicted octanol–water partition coefficient (Wildman–Crippen LogP) is 3.44. The monoisotopic (exact) mass is 501 g/mol. The van der Waals surface area contributed by atoms with Crippen molar-refractivity contribution >= 4 is 16.9 Å². The summed E-state index contributed by atoms with van der Waals surface area (Å²) >= 11 is 0. The fourth-order valence-electron chi connectivity index (χ4n) is 4.84. The summed E-state index contributed by atoms with van der Waals surface area (Å²) in [4.78, 5) is 27.3. The number of nitrogens with one attached hydrogen (secondary N) is 2. The number of H-pyrrole nitrogens is 1. The van der Waals surface area contributed by atoms with Gasteiger partial charge in [-0.1, -0.05) is 6.07 Å². The van der Waals surface area contributed by atoms with Crippen LogP contribution in [0.2, 0.25) is 0 Å². The molecule has 0 unspecified atom stereocenters. The number of benzene rings is 2. The van der Waals surface area contributed by atoms with Crippen LogP contribution in [0.4, 0.5) is 0 Å². The molecule has 192 valence electrons. The molecule has 2 aromatic heterocycles. The number of fused-ring (bicyclic) bond motifs is 1. The molecule has 5 rings (SSSR count). The Morgan fingerprint density at radius 3 is 2.78 bits per heavy atom. The number of rotatable bonds is 8. The highest BCUT2D eigenvalue weighted by Gasteiger charge is 2.20. The van der Waals surface area contributed by atoms with Crippen molar-refractivity contribution in [3.8, 4) is 34.1 Å². The molecule has 1 amide bonds. The van der Waals surface area contributed by atoms with E-state index in [1.165, 1.54) is 0 Å².